The fourth-order valence-corrected chi connectivity index (χ4v) is 2.96. The zero-order valence-corrected chi connectivity index (χ0v) is 9.67. The van der Waals surface area contributed by atoms with Gasteiger partial charge in [-0.15, -0.1) is 11.6 Å². The number of rotatable bonds is 4. The highest BCUT2D eigenvalue weighted by Gasteiger charge is 2.28. The standard InChI is InChI=1S/C11H20ClNO/c1-13(7-9-5-10(12)6-9)8-11-3-2-4-14-11/h9-11H,2-8H2,1H3. The Bertz CT molecular complexity index is 176. The molecule has 0 N–H and O–H groups in total. The summed E-state index contributed by atoms with van der Waals surface area (Å²) < 4.78 is 5.61. The first kappa shape index (κ1) is 10.7. The van der Waals surface area contributed by atoms with E-state index in [1.54, 1.807) is 0 Å². The van der Waals surface area contributed by atoms with E-state index in [0.717, 1.165) is 19.1 Å². The summed E-state index contributed by atoms with van der Waals surface area (Å²) in [5.74, 6) is 0.837. The third kappa shape index (κ3) is 2.85. The molecule has 2 rings (SSSR count). The molecule has 0 spiro atoms. The van der Waals surface area contributed by atoms with Crippen molar-refractivity contribution >= 4 is 11.6 Å². The number of halogens is 1. The van der Waals surface area contributed by atoms with Crippen LogP contribution in [0, 0.1) is 5.92 Å². The molecule has 1 aliphatic carbocycles. The molecule has 14 heavy (non-hydrogen) atoms. The summed E-state index contributed by atoms with van der Waals surface area (Å²) >= 11 is 5.95. The van der Waals surface area contributed by atoms with E-state index in [2.05, 4.69) is 11.9 Å². The van der Waals surface area contributed by atoms with Crippen molar-refractivity contribution in [1.82, 2.24) is 4.90 Å². The summed E-state index contributed by atoms with van der Waals surface area (Å²) in [6.45, 7) is 3.26. The Morgan fingerprint density at radius 2 is 2.14 bits per heavy atom. The second-order valence-corrected chi connectivity index (χ2v) is 5.41. The third-order valence-corrected chi connectivity index (χ3v) is 3.64. The first-order chi connectivity index (χ1) is 6.74. The zero-order valence-electron chi connectivity index (χ0n) is 8.92. The lowest BCUT2D eigenvalue weighted by molar-refractivity contribution is 0.0716. The van der Waals surface area contributed by atoms with Crippen LogP contribution in [-0.4, -0.2) is 43.1 Å². The Balaban J connectivity index is 1.60. The fourth-order valence-electron chi connectivity index (χ4n) is 2.45. The van der Waals surface area contributed by atoms with Crippen LogP contribution in [0.4, 0.5) is 0 Å². The molecule has 2 fully saturated rings. The molecule has 0 aromatic heterocycles. The average Bonchev–Trinajstić information content (AvgIpc) is 2.54. The van der Waals surface area contributed by atoms with Crippen LogP contribution < -0.4 is 0 Å². The topological polar surface area (TPSA) is 12.5 Å². The van der Waals surface area contributed by atoms with Gasteiger partial charge in [0.1, 0.15) is 0 Å². The van der Waals surface area contributed by atoms with Gasteiger partial charge in [-0.3, -0.25) is 0 Å². The minimum absolute atomic E-state index is 0.455. The molecular weight excluding hydrogens is 198 g/mol. The molecule has 1 heterocycles. The second kappa shape index (κ2) is 4.82. The van der Waals surface area contributed by atoms with Crippen LogP contribution in [0.2, 0.25) is 0 Å². The van der Waals surface area contributed by atoms with Gasteiger partial charge < -0.3 is 9.64 Å². The Hall–Kier alpha value is 0.210. The predicted octanol–water partition coefficient (Wildman–Crippen LogP) is 2.11. The van der Waals surface area contributed by atoms with Crippen molar-refractivity contribution in [2.24, 2.45) is 5.92 Å². The Morgan fingerprint density at radius 1 is 1.36 bits per heavy atom. The molecule has 1 atom stereocenters. The maximum absolute atomic E-state index is 5.95. The normalized spacial score (nSPS) is 37.5. The van der Waals surface area contributed by atoms with E-state index in [-0.39, 0.29) is 0 Å². The van der Waals surface area contributed by atoms with Crippen LogP contribution >= 0.6 is 11.6 Å². The van der Waals surface area contributed by atoms with Crippen LogP contribution in [0.5, 0.6) is 0 Å². The minimum atomic E-state index is 0.455. The molecule has 2 nitrogen and oxygen atoms in total. The zero-order chi connectivity index (χ0) is 9.97. The van der Waals surface area contributed by atoms with Gasteiger partial charge >= 0.3 is 0 Å². The van der Waals surface area contributed by atoms with Crippen molar-refractivity contribution in [2.45, 2.75) is 37.2 Å². The molecule has 0 bridgehead atoms. The molecule has 1 saturated heterocycles. The maximum Gasteiger partial charge on any atom is 0.0702 e. The van der Waals surface area contributed by atoms with E-state index in [1.165, 1.54) is 32.2 Å². The predicted molar refractivity (Wildman–Crippen MR) is 58.8 cm³/mol. The monoisotopic (exact) mass is 217 g/mol. The van der Waals surface area contributed by atoms with E-state index < -0.39 is 0 Å². The summed E-state index contributed by atoms with van der Waals surface area (Å²) in [4.78, 5) is 2.41. The SMILES string of the molecule is CN(CC1CC(Cl)C1)CC1CCCO1. The molecule has 0 aromatic rings. The van der Waals surface area contributed by atoms with Gasteiger partial charge in [0.05, 0.1) is 6.10 Å². The highest BCUT2D eigenvalue weighted by Crippen LogP contribution is 2.32. The molecule has 0 radical (unpaired) electrons. The number of ether oxygens (including phenoxy) is 1. The highest BCUT2D eigenvalue weighted by atomic mass is 35.5. The van der Waals surface area contributed by atoms with Gasteiger partial charge in [0.15, 0.2) is 0 Å². The first-order valence-corrected chi connectivity index (χ1v) is 6.12. The van der Waals surface area contributed by atoms with E-state index in [4.69, 9.17) is 16.3 Å². The quantitative estimate of drug-likeness (QED) is 0.669. The van der Waals surface area contributed by atoms with E-state index >= 15 is 0 Å². The van der Waals surface area contributed by atoms with Crippen LogP contribution in [0.3, 0.4) is 0 Å². The van der Waals surface area contributed by atoms with Crippen LogP contribution in [-0.2, 0) is 4.74 Å². The summed E-state index contributed by atoms with van der Waals surface area (Å²) in [5, 5.41) is 0.455. The Labute approximate surface area is 91.6 Å². The van der Waals surface area contributed by atoms with Gasteiger partial charge in [0.2, 0.25) is 0 Å². The number of likely N-dealkylation sites (N-methyl/N-ethyl adjacent to an activating group) is 1. The summed E-state index contributed by atoms with van der Waals surface area (Å²) in [7, 11) is 2.20. The Morgan fingerprint density at radius 3 is 2.71 bits per heavy atom. The first-order valence-electron chi connectivity index (χ1n) is 5.68. The number of alkyl halides is 1. The van der Waals surface area contributed by atoms with Gasteiger partial charge in [-0.25, -0.2) is 0 Å². The van der Waals surface area contributed by atoms with Crippen molar-refractivity contribution in [3.05, 3.63) is 0 Å². The number of hydrogen-bond acceptors (Lipinski definition) is 2. The van der Waals surface area contributed by atoms with Crippen LogP contribution in [0.15, 0.2) is 0 Å². The van der Waals surface area contributed by atoms with Gasteiger partial charge in [-0.05, 0) is 38.6 Å². The lowest BCUT2D eigenvalue weighted by Gasteiger charge is -2.34. The van der Waals surface area contributed by atoms with Crippen molar-refractivity contribution in [2.75, 3.05) is 26.7 Å². The van der Waals surface area contributed by atoms with E-state index in [9.17, 15) is 0 Å². The Kier molecular flexibility index (Phi) is 3.69. The summed E-state index contributed by atoms with van der Waals surface area (Å²) in [6.07, 6.45) is 5.39. The van der Waals surface area contributed by atoms with Crippen molar-refractivity contribution in [1.29, 1.82) is 0 Å². The van der Waals surface area contributed by atoms with Gasteiger partial charge in [0, 0.05) is 25.1 Å². The van der Waals surface area contributed by atoms with E-state index in [1.807, 2.05) is 0 Å². The van der Waals surface area contributed by atoms with Crippen LogP contribution in [0.25, 0.3) is 0 Å². The summed E-state index contributed by atoms with van der Waals surface area (Å²) in [5.41, 5.74) is 0. The van der Waals surface area contributed by atoms with Crippen molar-refractivity contribution in [3.8, 4) is 0 Å². The lowest BCUT2D eigenvalue weighted by Crippen LogP contribution is -2.38. The van der Waals surface area contributed by atoms with Crippen LogP contribution in [0.1, 0.15) is 25.7 Å². The molecular formula is C11H20ClNO. The smallest absolute Gasteiger partial charge is 0.0702 e. The molecule has 0 aromatic carbocycles. The fraction of sp³-hybridized carbons (Fsp3) is 1.00. The second-order valence-electron chi connectivity index (χ2n) is 4.79. The lowest BCUT2D eigenvalue weighted by atomic mass is 9.84. The third-order valence-electron chi connectivity index (χ3n) is 3.29. The van der Waals surface area contributed by atoms with E-state index in [0.29, 0.717) is 11.5 Å². The van der Waals surface area contributed by atoms with Crippen molar-refractivity contribution < 1.29 is 4.74 Å². The highest BCUT2D eigenvalue weighted by molar-refractivity contribution is 6.21. The average molecular weight is 218 g/mol. The molecule has 2 aliphatic rings. The minimum Gasteiger partial charge on any atom is -0.377 e. The van der Waals surface area contributed by atoms with Gasteiger partial charge in [-0.2, -0.15) is 0 Å². The molecule has 82 valence electrons. The molecule has 1 aliphatic heterocycles. The number of nitrogens with zero attached hydrogens (tertiary/aromatic N) is 1. The van der Waals surface area contributed by atoms with Crippen molar-refractivity contribution in [3.63, 3.8) is 0 Å². The summed E-state index contributed by atoms with van der Waals surface area (Å²) in [6, 6.07) is 0. The maximum atomic E-state index is 5.95. The number of hydrogen-bond donors (Lipinski definition) is 0. The molecule has 1 unspecified atom stereocenters. The molecule has 3 heteroatoms. The molecule has 1 saturated carbocycles. The largest absolute Gasteiger partial charge is 0.377 e. The van der Waals surface area contributed by atoms with Gasteiger partial charge in [0.25, 0.3) is 0 Å². The molecule has 0 amide bonds. The van der Waals surface area contributed by atoms with Gasteiger partial charge in [-0.1, -0.05) is 0 Å².